The SMILES string of the molecule is COC(=O)c1cccc(NC(=O)CN(c2ccc(C)cc2)S(C)(=O)=O)c1C. The average Bonchev–Trinajstić information content (AvgIpc) is 2.61. The molecule has 0 unspecified atom stereocenters. The Labute approximate surface area is 159 Å². The van der Waals surface area contributed by atoms with Gasteiger partial charge in [-0.15, -0.1) is 0 Å². The number of hydrogen-bond donors (Lipinski definition) is 1. The van der Waals surface area contributed by atoms with Gasteiger partial charge in [0.2, 0.25) is 15.9 Å². The summed E-state index contributed by atoms with van der Waals surface area (Å²) in [6.45, 7) is 3.18. The zero-order chi connectivity index (χ0) is 20.2. The van der Waals surface area contributed by atoms with Crippen LogP contribution in [0.5, 0.6) is 0 Å². The summed E-state index contributed by atoms with van der Waals surface area (Å²) >= 11 is 0. The van der Waals surface area contributed by atoms with Crippen LogP contribution >= 0.6 is 0 Å². The number of benzene rings is 2. The summed E-state index contributed by atoms with van der Waals surface area (Å²) in [5.41, 5.74) is 2.66. The monoisotopic (exact) mass is 390 g/mol. The molecule has 0 spiro atoms. The number of rotatable bonds is 6. The second kappa shape index (κ2) is 8.22. The number of carbonyl (C=O) groups excluding carboxylic acids is 2. The van der Waals surface area contributed by atoms with Crippen molar-refractivity contribution in [1.82, 2.24) is 0 Å². The van der Waals surface area contributed by atoms with E-state index in [1.165, 1.54) is 7.11 Å². The highest BCUT2D eigenvalue weighted by atomic mass is 32.2. The Morgan fingerprint density at radius 3 is 2.26 bits per heavy atom. The van der Waals surface area contributed by atoms with Gasteiger partial charge in [-0.2, -0.15) is 0 Å². The van der Waals surface area contributed by atoms with Crippen molar-refractivity contribution in [3.8, 4) is 0 Å². The van der Waals surface area contributed by atoms with E-state index in [0.717, 1.165) is 16.1 Å². The molecule has 0 radical (unpaired) electrons. The highest BCUT2D eigenvalue weighted by Gasteiger charge is 2.21. The second-order valence-corrected chi connectivity index (χ2v) is 8.03. The van der Waals surface area contributed by atoms with Gasteiger partial charge in [0, 0.05) is 5.69 Å². The molecule has 27 heavy (non-hydrogen) atoms. The van der Waals surface area contributed by atoms with E-state index < -0.39 is 21.9 Å². The predicted molar refractivity (Wildman–Crippen MR) is 105 cm³/mol. The molecule has 1 N–H and O–H groups in total. The van der Waals surface area contributed by atoms with Crippen LogP contribution in [0.2, 0.25) is 0 Å². The van der Waals surface area contributed by atoms with Crippen molar-refractivity contribution in [2.75, 3.05) is 29.5 Å². The number of hydrogen-bond acceptors (Lipinski definition) is 5. The lowest BCUT2D eigenvalue weighted by Crippen LogP contribution is -2.37. The number of carbonyl (C=O) groups is 2. The summed E-state index contributed by atoms with van der Waals surface area (Å²) in [6, 6.07) is 11.7. The van der Waals surface area contributed by atoms with Gasteiger partial charge in [-0.3, -0.25) is 9.10 Å². The minimum Gasteiger partial charge on any atom is -0.465 e. The van der Waals surface area contributed by atoms with E-state index in [0.29, 0.717) is 22.5 Å². The molecule has 2 aromatic rings. The summed E-state index contributed by atoms with van der Waals surface area (Å²) in [5, 5.41) is 2.66. The quantitative estimate of drug-likeness (QED) is 0.765. The van der Waals surface area contributed by atoms with Crippen LogP contribution in [0.1, 0.15) is 21.5 Å². The van der Waals surface area contributed by atoms with Crippen molar-refractivity contribution in [3.05, 3.63) is 59.2 Å². The zero-order valence-electron chi connectivity index (χ0n) is 15.6. The molecule has 0 saturated carbocycles. The molecule has 7 nitrogen and oxygen atoms in total. The second-order valence-electron chi connectivity index (χ2n) is 6.12. The first-order valence-electron chi connectivity index (χ1n) is 8.15. The van der Waals surface area contributed by atoms with Crippen molar-refractivity contribution in [2.24, 2.45) is 0 Å². The Hall–Kier alpha value is -2.87. The average molecular weight is 390 g/mol. The minimum absolute atomic E-state index is 0.328. The molecule has 0 atom stereocenters. The lowest BCUT2D eigenvalue weighted by Gasteiger charge is -2.22. The number of nitrogens with one attached hydrogen (secondary N) is 1. The van der Waals surface area contributed by atoms with Crippen LogP contribution in [0, 0.1) is 13.8 Å². The Balaban J connectivity index is 2.25. The molecule has 0 heterocycles. The van der Waals surface area contributed by atoms with Gasteiger partial charge < -0.3 is 10.1 Å². The number of anilines is 2. The van der Waals surface area contributed by atoms with Gasteiger partial charge in [0.05, 0.1) is 24.6 Å². The fourth-order valence-corrected chi connectivity index (χ4v) is 3.39. The van der Waals surface area contributed by atoms with Crippen LogP contribution in [0.25, 0.3) is 0 Å². The fourth-order valence-electron chi connectivity index (χ4n) is 2.53. The van der Waals surface area contributed by atoms with E-state index in [1.807, 2.05) is 6.92 Å². The van der Waals surface area contributed by atoms with Crippen molar-refractivity contribution < 1.29 is 22.7 Å². The predicted octanol–water partition coefficient (Wildman–Crippen LogP) is 2.49. The van der Waals surface area contributed by atoms with Crippen LogP contribution in [0.15, 0.2) is 42.5 Å². The van der Waals surface area contributed by atoms with Crippen LogP contribution in [-0.2, 0) is 19.6 Å². The van der Waals surface area contributed by atoms with Gasteiger partial charge in [0.1, 0.15) is 6.54 Å². The summed E-state index contributed by atoms with van der Waals surface area (Å²) in [7, 11) is -2.38. The van der Waals surface area contributed by atoms with E-state index in [1.54, 1.807) is 49.4 Å². The van der Waals surface area contributed by atoms with Crippen molar-refractivity contribution >= 4 is 33.3 Å². The first kappa shape index (κ1) is 20.4. The smallest absolute Gasteiger partial charge is 0.338 e. The van der Waals surface area contributed by atoms with E-state index in [-0.39, 0.29) is 6.54 Å². The van der Waals surface area contributed by atoms with E-state index in [2.05, 4.69) is 5.32 Å². The summed E-state index contributed by atoms with van der Waals surface area (Å²) in [6.07, 6.45) is 1.04. The molecule has 0 aliphatic rings. The third-order valence-electron chi connectivity index (χ3n) is 4.02. The standard InChI is InChI=1S/C19H22N2O5S/c1-13-8-10-15(11-9-13)21(27(4,24)25)12-18(22)20-17-7-5-6-16(14(17)2)19(23)26-3/h5-11H,12H2,1-4H3,(H,20,22). The number of amides is 1. The zero-order valence-corrected chi connectivity index (χ0v) is 16.5. The largest absolute Gasteiger partial charge is 0.465 e. The van der Waals surface area contributed by atoms with Crippen molar-refractivity contribution in [1.29, 1.82) is 0 Å². The van der Waals surface area contributed by atoms with Crippen LogP contribution < -0.4 is 9.62 Å². The molecular formula is C19H22N2O5S. The molecule has 2 aromatic carbocycles. The van der Waals surface area contributed by atoms with Gasteiger partial charge in [-0.25, -0.2) is 13.2 Å². The number of aryl methyl sites for hydroxylation is 1. The summed E-state index contributed by atoms with van der Waals surface area (Å²) in [5.74, 6) is -1.04. The number of esters is 1. The first-order valence-corrected chi connectivity index (χ1v) is 10.0. The highest BCUT2D eigenvalue weighted by molar-refractivity contribution is 7.92. The maximum Gasteiger partial charge on any atom is 0.338 e. The molecule has 8 heteroatoms. The molecule has 144 valence electrons. The van der Waals surface area contributed by atoms with E-state index in [9.17, 15) is 18.0 Å². The molecular weight excluding hydrogens is 368 g/mol. The van der Waals surface area contributed by atoms with Crippen molar-refractivity contribution in [2.45, 2.75) is 13.8 Å². The molecule has 0 saturated heterocycles. The molecule has 0 bridgehead atoms. The molecule has 0 aliphatic carbocycles. The number of ether oxygens (including phenoxy) is 1. The number of methoxy groups -OCH3 is 1. The van der Waals surface area contributed by atoms with Crippen LogP contribution in [-0.4, -0.2) is 40.2 Å². The van der Waals surface area contributed by atoms with Gasteiger partial charge in [0.25, 0.3) is 0 Å². The van der Waals surface area contributed by atoms with Crippen molar-refractivity contribution in [3.63, 3.8) is 0 Å². The lowest BCUT2D eigenvalue weighted by atomic mass is 10.1. The fraction of sp³-hybridized carbons (Fsp3) is 0.263. The van der Waals surface area contributed by atoms with Crippen LogP contribution in [0.3, 0.4) is 0 Å². The van der Waals surface area contributed by atoms with Gasteiger partial charge in [-0.05, 0) is 43.7 Å². The van der Waals surface area contributed by atoms with Gasteiger partial charge in [0.15, 0.2) is 0 Å². The van der Waals surface area contributed by atoms with E-state index >= 15 is 0 Å². The molecule has 0 aromatic heterocycles. The summed E-state index contributed by atoms with van der Waals surface area (Å²) < 4.78 is 30.0. The Bertz CT molecular complexity index is 953. The Morgan fingerprint density at radius 2 is 1.70 bits per heavy atom. The minimum atomic E-state index is -3.66. The maximum absolute atomic E-state index is 12.5. The summed E-state index contributed by atoms with van der Waals surface area (Å²) in [4.78, 5) is 24.3. The molecule has 0 aliphatic heterocycles. The van der Waals surface area contributed by atoms with Gasteiger partial charge >= 0.3 is 5.97 Å². The lowest BCUT2D eigenvalue weighted by molar-refractivity contribution is -0.114. The number of sulfonamides is 1. The molecule has 2 rings (SSSR count). The molecule has 1 amide bonds. The normalized spacial score (nSPS) is 11.0. The van der Waals surface area contributed by atoms with Gasteiger partial charge in [-0.1, -0.05) is 23.8 Å². The third kappa shape index (κ3) is 5.07. The van der Waals surface area contributed by atoms with Crippen LogP contribution in [0.4, 0.5) is 11.4 Å². The number of nitrogens with zero attached hydrogens (tertiary/aromatic N) is 1. The highest BCUT2D eigenvalue weighted by Crippen LogP contribution is 2.21. The Kier molecular flexibility index (Phi) is 6.22. The third-order valence-corrected chi connectivity index (χ3v) is 5.16. The van der Waals surface area contributed by atoms with E-state index in [4.69, 9.17) is 4.74 Å². The maximum atomic E-state index is 12.5. The molecule has 0 fully saturated rings. The first-order chi connectivity index (χ1) is 12.6. The Morgan fingerprint density at radius 1 is 1.07 bits per heavy atom. The topological polar surface area (TPSA) is 92.8 Å².